The summed E-state index contributed by atoms with van der Waals surface area (Å²) in [4.78, 5) is 13.4. The van der Waals surface area contributed by atoms with Crippen LogP contribution in [-0.4, -0.2) is 34.1 Å². The summed E-state index contributed by atoms with van der Waals surface area (Å²) < 4.78 is 0. The van der Waals surface area contributed by atoms with Crippen molar-refractivity contribution in [1.82, 2.24) is 4.90 Å². The quantitative estimate of drug-likeness (QED) is 0.803. The summed E-state index contributed by atoms with van der Waals surface area (Å²) in [5.74, 6) is -0.723. The van der Waals surface area contributed by atoms with Crippen LogP contribution in [0.5, 0.6) is 0 Å². The van der Waals surface area contributed by atoms with Crippen molar-refractivity contribution in [2.45, 2.75) is 65.5 Å². The molecule has 1 atom stereocenters. The van der Waals surface area contributed by atoms with E-state index in [1.165, 1.54) is 6.42 Å². The Morgan fingerprint density at radius 1 is 1.50 bits per heavy atom. The Balaban J connectivity index is 2.80. The third-order valence-electron chi connectivity index (χ3n) is 3.97. The van der Waals surface area contributed by atoms with Crippen molar-refractivity contribution in [3.05, 3.63) is 0 Å². The summed E-state index contributed by atoms with van der Waals surface area (Å²) in [5, 5.41) is 9.29. The van der Waals surface area contributed by atoms with Crippen LogP contribution in [0.15, 0.2) is 0 Å². The number of carboxylic acids is 1. The standard InChI is InChI=1S/C13H25NO2/c1-6-14(13(4,5)11(15)16)10-7-8-12(2,3)9-10/h10H,6-9H2,1-5H3,(H,15,16). The summed E-state index contributed by atoms with van der Waals surface area (Å²) in [7, 11) is 0. The number of likely N-dealkylation sites (N-methyl/N-ethyl adjacent to an activating group) is 1. The molecule has 0 aromatic rings. The first-order chi connectivity index (χ1) is 7.20. The third-order valence-corrected chi connectivity index (χ3v) is 3.97. The van der Waals surface area contributed by atoms with Crippen molar-refractivity contribution >= 4 is 5.97 Å². The number of hydrogen-bond acceptors (Lipinski definition) is 2. The molecule has 0 aromatic heterocycles. The maximum absolute atomic E-state index is 11.3. The zero-order valence-electron chi connectivity index (χ0n) is 11.2. The fourth-order valence-electron chi connectivity index (χ4n) is 2.90. The molecule has 1 saturated carbocycles. The van der Waals surface area contributed by atoms with E-state index in [1.54, 1.807) is 0 Å². The Labute approximate surface area is 98.8 Å². The van der Waals surface area contributed by atoms with E-state index >= 15 is 0 Å². The highest BCUT2D eigenvalue weighted by atomic mass is 16.4. The highest BCUT2D eigenvalue weighted by Gasteiger charge is 2.42. The maximum Gasteiger partial charge on any atom is 0.323 e. The number of aliphatic carboxylic acids is 1. The molecule has 0 aromatic carbocycles. The topological polar surface area (TPSA) is 40.5 Å². The zero-order valence-corrected chi connectivity index (χ0v) is 11.2. The van der Waals surface area contributed by atoms with E-state index in [1.807, 2.05) is 13.8 Å². The second-order valence-corrected chi connectivity index (χ2v) is 6.21. The fraction of sp³-hybridized carbons (Fsp3) is 0.923. The molecule has 0 saturated heterocycles. The Hall–Kier alpha value is -0.570. The predicted molar refractivity (Wildman–Crippen MR) is 65.5 cm³/mol. The van der Waals surface area contributed by atoms with Gasteiger partial charge in [-0.25, -0.2) is 0 Å². The normalized spacial score (nSPS) is 25.0. The minimum atomic E-state index is -0.750. The number of carbonyl (C=O) groups is 1. The molecule has 94 valence electrons. The highest BCUT2D eigenvalue weighted by Crippen LogP contribution is 2.41. The first-order valence-electron chi connectivity index (χ1n) is 6.21. The van der Waals surface area contributed by atoms with Crippen LogP contribution in [0.1, 0.15) is 53.9 Å². The molecular weight excluding hydrogens is 202 g/mol. The lowest BCUT2D eigenvalue weighted by atomic mass is 9.91. The van der Waals surface area contributed by atoms with Crippen LogP contribution in [0, 0.1) is 5.41 Å². The first-order valence-corrected chi connectivity index (χ1v) is 6.21. The van der Waals surface area contributed by atoms with Gasteiger partial charge in [0.05, 0.1) is 0 Å². The summed E-state index contributed by atoms with van der Waals surface area (Å²) in [6.07, 6.45) is 3.43. The van der Waals surface area contributed by atoms with Crippen LogP contribution in [0.3, 0.4) is 0 Å². The van der Waals surface area contributed by atoms with E-state index < -0.39 is 11.5 Å². The van der Waals surface area contributed by atoms with Crippen LogP contribution in [0.4, 0.5) is 0 Å². The van der Waals surface area contributed by atoms with Gasteiger partial charge >= 0.3 is 5.97 Å². The Kier molecular flexibility index (Phi) is 3.68. The molecule has 1 aliphatic carbocycles. The fourth-order valence-corrected chi connectivity index (χ4v) is 2.90. The highest BCUT2D eigenvalue weighted by molar-refractivity contribution is 5.77. The van der Waals surface area contributed by atoms with Gasteiger partial charge in [-0.1, -0.05) is 20.8 Å². The SMILES string of the molecule is CCN(C1CCC(C)(C)C1)C(C)(C)C(=O)O. The van der Waals surface area contributed by atoms with Crippen LogP contribution < -0.4 is 0 Å². The summed E-state index contributed by atoms with van der Waals surface area (Å²) in [6.45, 7) is 11.0. The zero-order chi connectivity index (χ0) is 12.6. The Morgan fingerprint density at radius 2 is 2.06 bits per heavy atom. The van der Waals surface area contributed by atoms with Crippen molar-refractivity contribution in [3.8, 4) is 0 Å². The molecule has 3 nitrogen and oxygen atoms in total. The second-order valence-electron chi connectivity index (χ2n) is 6.21. The smallest absolute Gasteiger partial charge is 0.323 e. The molecule has 1 fully saturated rings. The Bertz CT molecular complexity index is 271. The van der Waals surface area contributed by atoms with Crippen molar-refractivity contribution < 1.29 is 9.90 Å². The molecule has 0 bridgehead atoms. The third kappa shape index (κ3) is 2.57. The molecule has 1 N–H and O–H groups in total. The number of hydrogen-bond donors (Lipinski definition) is 1. The monoisotopic (exact) mass is 227 g/mol. The van der Waals surface area contributed by atoms with E-state index in [4.69, 9.17) is 0 Å². The summed E-state index contributed by atoms with van der Waals surface area (Å²) in [6, 6.07) is 0.422. The van der Waals surface area contributed by atoms with Gasteiger partial charge in [0.1, 0.15) is 5.54 Å². The van der Waals surface area contributed by atoms with Crippen LogP contribution in [0.25, 0.3) is 0 Å². The largest absolute Gasteiger partial charge is 0.480 e. The molecule has 1 unspecified atom stereocenters. The van der Waals surface area contributed by atoms with Gasteiger partial charge in [0.15, 0.2) is 0 Å². The summed E-state index contributed by atoms with van der Waals surface area (Å²) >= 11 is 0. The van der Waals surface area contributed by atoms with E-state index in [0.717, 1.165) is 19.4 Å². The van der Waals surface area contributed by atoms with Gasteiger partial charge in [0.25, 0.3) is 0 Å². The van der Waals surface area contributed by atoms with Gasteiger partial charge in [-0.3, -0.25) is 9.69 Å². The van der Waals surface area contributed by atoms with Crippen molar-refractivity contribution in [2.24, 2.45) is 5.41 Å². The predicted octanol–water partition coefficient (Wildman–Crippen LogP) is 2.75. The minimum Gasteiger partial charge on any atom is -0.480 e. The lowest BCUT2D eigenvalue weighted by molar-refractivity contribution is -0.151. The lowest BCUT2D eigenvalue weighted by Crippen LogP contribution is -2.54. The molecule has 0 spiro atoms. The van der Waals surface area contributed by atoms with Crippen molar-refractivity contribution in [1.29, 1.82) is 0 Å². The average molecular weight is 227 g/mol. The van der Waals surface area contributed by atoms with Gasteiger partial charge in [-0.2, -0.15) is 0 Å². The van der Waals surface area contributed by atoms with Gasteiger partial charge in [-0.15, -0.1) is 0 Å². The van der Waals surface area contributed by atoms with Gasteiger partial charge in [0.2, 0.25) is 0 Å². The maximum atomic E-state index is 11.3. The first kappa shape index (κ1) is 13.5. The van der Waals surface area contributed by atoms with Crippen LogP contribution >= 0.6 is 0 Å². The van der Waals surface area contributed by atoms with Gasteiger partial charge in [-0.05, 0) is 45.1 Å². The van der Waals surface area contributed by atoms with E-state index in [0.29, 0.717) is 11.5 Å². The number of rotatable bonds is 4. The van der Waals surface area contributed by atoms with Gasteiger partial charge < -0.3 is 5.11 Å². The molecule has 1 rings (SSSR count). The molecule has 3 heteroatoms. The molecule has 0 heterocycles. The average Bonchev–Trinajstić information content (AvgIpc) is 2.46. The van der Waals surface area contributed by atoms with Crippen molar-refractivity contribution in [2.75, 3.05) is 6.54 Å². The molecule has 1 aliphatic rings. The number of nitrogens with zero attached hydrogens (tertiary/aromatic N) is 1. The van der Waals surface area contributed by atoms with Crippen molar-refractivity contribution in [3.63, 3.8) is 0 Å². The summed E-state index contributed by atoms with van der Waals surface area (Å²) in [5.41, 5.74) is -0.382. The van der Waals surface area contributed by atoms with E-state index in [-0.39, 0.29) is 0 Å². The number of carboxylic acid groups (broad SMARTS) is 1. The van der Waals surface area contributed by atoms with Crippen LogP contribution in [0.2, 0.25) is 0 Å². The van der Waals surface area contributed by atoms with E-state index in [2.05, 4.69) is 25.7 Å². The van der Waals surface area contributed by atoms with Crippen LogP contribution in [-0.2, 0) is 4.79 Å². The van der Waals surface area contributed by atoms with E-state index in [9.17, 15) is 9.90 Å². The molecule has 0 amide bonds. The Morgan fingerprint density at radius 3 is 2.38 bits per heavy atom. The second kappa shape index (κ2) is 4.36. The molecule has 16 heavy (non-hydrogen) atoms. The molecule has 0 aliphatic heterocycles. The molecule has 0 radical (unpaired) electrons. The lowest BCUT2D eigenvalue weighted by Gasteiger charge is -2.39. The molecular formula is C13H25NO2. The van der Waals surface area contributed by atoms with Gasteiger partial charge in [0, 0.05) is 6.04 Å². The minimum absolute atomic E-state index is 0.368.